The normalized spacial score (nSPS) is 15.7. The van der Waals surface area contributed by atoms with Crippen LogP contribution in [0, 0.1) is 23.3 Å². The van der Waals surface area contributed by atoms with Crippen LogP contribution in [0.25, 0.3) is 0 Å². The fourth-order valence-electron chi connectivity index (χ4n) is 4.19. The van der Waals surface area contributed by atoms with E-state index in [1.165, 1.54) is 0 Å². The SMILES string of the molecule is Oc1ccc(F)[c]([Ti]([C]2=CC=CC2)([C]2=CC=CC2)[c]2c(F)ccc(O)c2F)c1F. The van der Waals surface area contributed by atoms with Crippen molar-refractivity contribution in [3.05, 3.63) is 91.7 Å². The molecule has 0 aromatic heterocycles. The summed E-state index contributed by atoms with van der Waals surface area (Å²) in [6.07, 6.45) is 10.6. The molecule has 2 aliphatic carbocycles. The first kappa shape index (κ1) is 19.7. The van der Waals surface area contributed by atoms with Gasteiger partial charge in [-0.15, -0.1) is 0 Å². The van der Waals surface area contributed by atoms with Crippen LogP contribution in [0.15, 0.2) is 68.5 Å². The van der Waals surface area contributed by atoms with Gasteiger partial charge < -0.3 is 0 Å². The van der Waals surface area contributed by atoms with Crippen LogP contribution in [-0.4, -0.2) is 10.2 Å². The summed E-state index contributed by atoms with van der Waals surface area (Å²) in [6.45, 7) is 0. The molecule has 2 N–H and O–H groups in total. The molecule has 29 heavy (non-hydrogen) atoms. The van der Waals surface area contributed by atoms with Crippen LogP contribution in [0.2, 0.25) is 0 Å². The Morgan fingerprint density at radius 1 is 0.655 bits per heavy atom. The van der Waals surface area contributed by atoms with E-state index >= 15 is 17.6 Å². The van der Waals surface area contributed by atoms with Gasteiger partial charge in [-0.05, 0) is 0 Å². The zero-order valence-electron chi connectivity index (χ0n) is 15.1. The van der Waals surface area contributed by atoms with Crippen molar-refractivity contribution in [3.8, 4) is 11.5 Å². The molecule has 0 unspecified atom stereocenters. The summed E-state index contributed by atoms with van der Waals surface area (Å²) in [5.74, 6) is -6.02. The summed E-state index contributed by atoms with van der Waals surface area (Å²) < 4.78 is 60.9. The Labute approximate surface area is 168 Å². The molecule has 4 rings (SSSR count). The molecule has 2 aliphatic rings. The predicted octanol–water partition coefficient (Wildman–Crippen LogP) is 4.45. The van der Waals surface area contributed by atoms with Gasteiger partial charge in [-0.25, -0.2) is 0 Å². The average Bonchev–Trinajstić information content (AvgIpc) is 3.41. The fourth-order valence-corrected chi connectivity index (χ4v) is 12.4. The Hall–Kier alpha value is -2.57. The van der Waals surface area contributed by atoms with Gasteiger partial charge in [0.25, 0.3) is 0 Å². The first-order valence-corrected chi connectivity index (χ1v) is 12.1. The number of allylic oxidation sites excluding steroid dienone is 8. The van der Waals surface area contributed by atoms with Gasteiger partial charge in [0.05, 0.1) is 0 Å². The predicted molar refractivity (Wildman–Crippen MR) is 99.0 cm³/mol. The summed E-state index contributed by atoms with van der Waals surface area (Å²) in [5.41, 5.74) is 0. The minimum atomic E-state index is -4.88. The maximum atomic E-state index is 15.3. The van der Waals surface area contributed by atoms with Crippen LogP contribution in [0.3, 0.4) is 0 Å². The zero-order valence-corrected chi connectivity index (χ0v) is 16.7. The summed E-state index contributed by atoms with van der Waals surface area (Å²) in [5, 5.41) is 20.0. The first-order chi connectivity index (χ1) is 13.9. The Kier molecular flexibility index (Phi) is 5.01. The van der Waals surface area contributed by atoms with Crippen molar-refractivity contribution in [3.63, 3.8) is 0 Å². The number of phenols is 2. The van der Waals surface area contributed by atoms with Gasteiger partial charge in [-0.3, -0.25) is 0 Å². The molecule has 0 heterocycles. The summed E-state index contributed by atoms with van der Waals surface area (Å²) in [6, 6.07) is 3.55. The third kappa shape index (κ3) is 2.90. The molecule has 0 bridgehead atoms. The van der Waals surface area contributed by atoms with E-state index in [1.807, 2.05) is 0 Å². The summed E-state index contributed by atoms with van der Waals surface area (Å²) in [4.78, 5) is 0. The minimum absolute atomic E-state index is 0.264. The number of aromatic hydroxyl groups is 2. The molecule has 0 saturated carbocycles. The maximum absolute atomic E-state index is 15.3. The number of rotatable bonds is 4. The van der Waals surface area contributed by atoms with Crippen molar-refractivity contribution in [2.45, 2.75) is 12.8 Å². The number of hydrogen-bond donors (Lipinski definition) is 2. The van der Waals surface area contributed by atoms with E-state index < -0.39 is 59.1 Å². The molecule has 2 aromatic carbocycles. The van der Waals surface area contributed by atoms with Crippen molar-refractivity contribution >= 4 is 7.74 Å². The van der Waals surface area contributed by atoms with Crippen molar-refractivity contribution < 1.29 is 44.4 Å². The van der Waals surface area contributed by atoms with Crippen molar-refractivity contribution in [2.75, 3.05) is 0 Å². The average molecular weight is 436 g/mol. The second-order valence-corrected chi connectivity index (χ2v) is 12.8. The molecule has 0 aliphatic heterocycles. The third-order valence-electron chi connectivity index (χ3n) is 5.40. The van der Waals surface area contributed by atoms with Gasteiger partial charge >= 0.3 is 168 Å². The molecule has 2 aromatic rings. The Morgan fingerprint density at radius 3 is 1.41 bits per heavy atom. The van der Waals surface area contributed by atoms with Crippen LogP contribution < -0.4 is 7.74 Å². The van der Waals surface area contributed by atoms with E-state index in [4.69, 9.17) is 0 Å². The third-order valence-corrected chi connectivity index (χ3v) is 13.3. The van der Waals surface area contributed by atoms with Crippen molar-refractivity contribution in [1.82, 2.24) is 0 Å². The molecular weight excluding hydrogens is 420 g/mol. The van der Waals surface area contributed by atoms with Crippen LogP contribution >= 0.6 is 0 Å². The van der Waals surface area contributed by atoms with E-state index in [0.717, 1.165) is 24.3 Å². The van der Waals surface area contributed by atoms with Gasteiger partial charge in [0.1, 0.15) is 0 Å². The molecule has 148 valence electrons. The Morgan fingerprint density at radius 2 is 1.07 bits per heavy atom. The van der Waals surface area contributed by atoms with E-state index in [9.17, 15) is 10.2 Å². The molecule has 0 fully saturated rings. The van der Waals surface area contributed by atoms with E-state index in [2.05, 4.69) is 0 Å². The Bertz CT molecular complexity index is 1040. The second-order valence-electron chi connectivity index (χ2n) is 6.91. The van der Waals surface area contributed by atoms with Gasteiger partial charge in [0.15, 0.2) is 0 Å². The fraction of sp³-hybridized carbons (Fsp3) is 0.0909. The van der Waals surface area contributed by atoms with Gasteiger partial charge in [-0.1, -0.05) is 0 Å². The van der Waals surface area contributed by atoms with Crippen molar-refractivity contribution in [1.29, 1.82) is 0 Å². The monoisotopic (exact) mass is 436 g/mol. The van der Waals surface area contributed by atoms with Crippen LogP contribution in [-0.2, 0) is 16.6 Å². The van der Waals surface area contributed by atoms with Gasteiger partial charge in [-0.2, -0.15) is 0 Å². The van der Waals surface area contributed by atoms with Crippen molar-refractivity contribution in [2.24, 2.45) is 0 Å². The van der Waals surface area contributed by atoms with Crippen LogP contribution in [0.5, 0.6) is 11.5 Å². The number of benzene rings is 2. The van der Waals surface area contributed by atoms with Gasteiger partial charge in [0, 0.05) is 0 Å². The standard InChI is InChI=1S/2C6H3F2O.2C5H5.Ti/c2*7-4-1-2-6(9)5(8)3-4;2*1-2-4-5-3-1;/h2*1-2,9H;2*1-3H,4H2;. The molecular formula is C22H16F4O2Ti. The van der Waals surface area contributed by atoms with Crippen LogP contribution in [0.4, 0.5) is 17.6 Å². The molecule has 0 radical (unpaired) electrons. The number of phenolic OH excluding ortho intramolecular Hbond substituents is 2. The summed E-state index contributed by atoms with van der Waals surface area (Å²) in [7, 11) is 0. The zero-order chi connectivity index (χ0) is 20.8. The van der Waals surface area contributed by atoms with E-state index in [0.29, 0.717) is 7.76 Å². The van der Waals surface area contributed by atoms with E-state index in [-0.39, 0.29) is 12.8 Å². The first-order valence-electron chi connectivity index (χ1n) is 8.96. The molecule has 0 spiro atoms. The van der Waals surface area contributed by atoms with Gasteiger partial charge in [0.2, 0.25) is 0 Å². The molecule has 0 atom stereocenters. The molecule has 2 nitrogen and oxygen atoms in total. The number of halogens is 4. The Balaban J connectivity index is 2.22. The summed E-state index contributed by atoms with van der Waals surface area (Å²) >= 11 is -4.88. The van der Waals surface area contributed by atoms with Crippen LogP contribution in [0.1, 0.15) is 12.8 Å². The molecule has 7 heteroatoms. The second kappa shape index (κ2) is 7.36. The van der Waals surface area contributed by atoms with E-state index in [1.54, 1.807) is 36.5 Å². The molecule has 0 amide bonds. The number of hydrogen-bond acceptors (Lipinski definition) is 2. The topological polar surface area (TPSA) is 40.5 Å². The molecule has 0 saturated heterocycles. The quantitative estimate of drug-likeness (QED) is 0.550.